The van der Waals surface area contributed by atoms with Crippen molar-refractivity contribution < 1.29 is 33.1 Å². The molecule has 4 fully saturated rings. The first-order valence-corrected chi connectivity index (χ1v) is 15.3. The molecule has 43 heavy (non-hydrogen) atoms. The zero-order valence-corrected chi connectivity index (χ0v) is 24.3. The summed E-state index contributed by atoms with van der Waals surface area (Å²) in [6, 6.07) is 7.53. The summed E-state index contributed by atoms with van der Waals surface area (Å²) in [4.78, 5) is 58.8. The van der Waals surface area contributed by atoms with Gasteiger partial charge in [-0.2, -0.15) is 0 Å². The van der Waals surface area contributed by atoms with E-state index in [-0.39, 0.29) is 47.0 Å². The SMILES string of the molecule is C[C@@]12C(=O)N(c3ccc(F)c(Cl)c3)C(=O)[C@@H]1C[C@@H]1C(=CC[C@@H]3C(=O)N(C4CCCCC4)C(=O)[C@@H]31)[C@@H]2c1cccc(F)c1O. The zero-order chi connectivity index (χ0) is 30.4. The standard InChI is InChI=1S/C33H31ClF2N2O5/c1-33-22(30(41)38(32(33)43)17-10-13-24(35)23(34)14-17)15-21-18(27(33)20-8-5-9-25(36)28(20)39)11-12-19-26(21)31(42)37(29(19)40)16-6-3-2-4-7-16/h5,8-11,13-14,16,19,21-22,26-27,39H,2-4,6-7,12,15H2,1H3/t19-,21+,22-,26-,27+,33+/m0/s1. The van der Waals surface area contributed by atoms with Gasteiger partial charge in [-0.3, -0.25) is 24.1 Å². The quantitative estimate of drug-likeness (QED) is 0.347. The number of carbonyl (C=O) groups excluding carboxylic acids is 4. The lowest BCUT2D eigenvalue weighted by Crippen LogP contribution is -2.49. The second-order valence-corrected chi connectivity index (χ2v) is 13.2. The molecule has 2 aromatic rings. The topological polar surface area (TPSA) is 95.0 Å². The van der Waals surface area contributed by atoms with Crippen molar-refractivity contribution in [2.24, 2.45) is 29.1 Å². The fourth-order valence-electron chi connectivity index (χ4n) is 8.72. The first-order valence-electron chi connectivity index (χ1n) is 14.9. The molecule has 6 atom stereocenters. The highest BCUT2D eigenvalue weighted by molar-refractivity contribution is 6.31. The predicted octanol–water partition coefficient (Wildman–Crippen LogP) is 5.89. The molecule has 0 spiro atoms. The molecule has 2 aliphatic heterocycles. The fourth-order valence-corrected chi connectivity index (χ4v) is 8.89. The predicted molar refractivity (Wildman–Crippen MR) is 153 cm³/mol. The van der Waals surface area contributed by atoms with E-state index >= 15 is 0 Å². The number of phenols is 1. The fraction of sp³-hybridized carbons (Fsp3) is 0.455. The Hall–Kier alpha value is -3.59. The van der Waals surface area contributed by atoms with Gasteiger partial charge in [0.25, 0.3) is 0 Å². The molecule has 7 rings (SSSR count). The van der Waals surface area contributed by atoms with E-state index in [1.165, 1.54) is 29.2 Å². The minimum Gasteiger partial charge on any atom is -0.505 e. The molecule has 7 nitrogen and oxygen atoms in total. The lowest BCUT2D eigenvalue weighted by Gasteiger charge is -2.49. The Morgan fingerprint density at radius 1 is 0.930 bits per heavy atom. The van der Waals surface area contributed by atoms with Crippen LogP contribution in [0.1, 0.15) is 63.4 Å². The van der Waals surface area contributed by atoms with Crippen LogP contribution in [-0.4, -0.2) is 39.7 Å². The highest BCUT2D eigenvalue weighted by Crippen LogP contribution is 2.64. The van der Waals surface area contributed by atoms with Gasteiger partial charge in [0.2, 0.25) is 23.6 Å². The Balaban J connectivity index is 1.36. The van der Waals surface area contributed by atoms with Crippen molar-refractivity contribution in [3.05, 3.63) is 70.3 Å². The lowest BCUT2D eigenvalue weighted by molar-refractivity contribution is -0.144. The van der Waals surface area contributed by atoms with E-state index < -0.39 is 64.2 Å². The molecule has 0 unspecified atom stereocenters. The van der Waals surface area contributed by atoms with E-state index in [1.807, 2.05) is 6.08 Å². The third-order valence-electron chi connectivity index (χ3n) is 10.7. The van der Waals surface area contributed by atoms with Gasteiger partial charge in [-0.1, -0.05) is 54.6 Å². The summed E-state index contributed by atoms with van der Waals surface area (Å²) in [7, 11) is 0. The summed E-state index contributed by atoms with van der Waals surface area (Å²) in [5.74, 6) is -7.52. The Morgan fingerprint density at radius 3 is 2.40 bits per heavy atom. The average molecular weight is 609 g/mol. The number of aromatic hydroxyl groups is 1. The Bertz CT molecular complexity index is 1620. The van der Waals surface area contributed by atoms with Gasteiger partial charge in [-0.15, -0.1) is 0 Å². The summed E-state index contributed by atoms with van der Waals surface area (Å²) in [6.07, 6.45) is 6.78. The van der Waals surface area contributed by atoms with Crippen LogP contribution in [-0.2, 0) is 19.2 Å². The number of fused-ring (bicyclic) bond motifs is 4. The maximum absolute atomic E-state index is 14.8. The van der Waals surface area contributed by atoms with Crippen molar-refractivity contribution in [3.63, 3.8) is 0 Å². The lowest BCUT2D eigenvalue weighted by atomic mass is 9.51. The number of carbonyl (C=O) groups is 4. The van der Waals surface area contributed by atoms with Crippen molar-refractivity contribution in [1.29, 1.82) is 0 Å². The summed E-state index contributed by atoms with van der Waals surface area (Å²) < 4.78 is 28.8. The number of hydrogen-bond acceptors (Lipinski definition) is 5. The van der Waals surface area contributed by atoms with Crippen LogP contribution in [0.25, 0.3) is 0 Å². The number of hydrogen-bond donors (Lipinski definition) is 1. The molecule has 0 bridgehead atoms. The highest BCUT2D eigenvalue weighted by Gasteiger charge is 2.68. The number of halogens is 3. The number of likely N-dealkylation sites (tertiary alicyclic amines) is 1. The smallest absolute Gasteiger partial charge is 0.241 e. The van der Waals surface area contributed by atoms with Crippen LogP contribution in [0.4, 0.5) is 14.5 Å². The molecule has 10 heteroatoms. The van der Waals surface area contributed by atoms with Gasteiger partial charge in [0, 0.05) is 17.5 Å². The first-order chi connectivity index (χ1) is 20.6. The molecule has 2 heterocycles. The summed E-state index contributed by atoms with van der Waals surface area (Å²) in [5.41, 5.74) is -0.562. The molecule has 1 N–H and O–H groups in total. The maximum Gasteiger partial charge on any atom is 0.241 e. The van der Waals surface area contributed by atoms with Gasteiger partial charge >= 0.3 is 0 Å². The number of amides is 4. The Morgan fingerprint density at radius 2 is 1.67 bits per heavy atom. The first kappa shape index (κ1) is 28.2. The van der Waals surface area contributed by atoms with Gasteiger partial charge in [0.15, 0.2) is 11.6 Å². The molecule has 5 aliphatic rings. The second kappa shape index (κ2) is 9.97. The van der Waals surface area contributed by atoms with Crippen molar-refractivity contribution in [2.45, 2.75) is 63.8 Å². The van der Waals surface area contributed by atoms with E-state index in [0.717, 1.165) is 49.1 Å². The van der Waals surface area contributed by atoms with Crippen LogP contribution in [0.15, 0.2) is 48.0 Å². The molecule has 2 aromatic carbocycles. The zero-order valence-electron chi connectivity index (χ0n) is 23.6. The minimum atomic E-state index is -1.47. The third kappa shape index (κ3) is 3.89. The van der Waals surface area contributed by atoms with Crippen molar-refractivity contribution in [2.75, 3.05) is 4.90 Å². The number of imide groups is 2. The molecule has 4 amide bonds. The van der Waals surface area contributed by atoms with Gasteiger partial charge in [-0.05, 0) is 62.8 Å². The van der Waals surface area contributed by atoms with Gasteiger partial charge < -0.3 is 5.11 Å². The van der Waals surface area contributed by atoms with E-state index in [0.29, 0.717) is 5.57 Å². The van der Waals surface area contributed by atoms with Crippen LogP contribution in [0.5, 0.6) is 5.75 Å². The van der Waals surface area contributed by atoms with Crippen LogP contribution >= 0.6 is 11.6 Å². The molecule has 2 saturated heterocycles. The van der Waals surface area contributed by atoms with E-state index in [9.17, 15) is 33.1 Å². The third-order valence-corrected chi connectivity index (χ3v) is 11.0. The minimum absolute atomic E-state index is 0.102. The van der Waals surface area contributed by atoms with Crippen LogP contribution in [0.3, 0.4) is 0 Å². The molecule has 224 valence electrons. The van der Waals surface area contributed by atoms with Gasteiger partial charge in [0.1, 0.15) is 5.82 Å². The Labute approximate surface area is 252 Å². The van der Waals surface area contributed by atoms with Crippen LogP contribution in [0.2, 0.25) is 5.02 Å². The Kier molecular flexibility index (Phi) is 6.54. The molecule has 0 radical (unpaired) electrons. The molecule has 2 saturated carbocycles. The van der Waals surface area contributed by atoms with Crippen LogP contribution < -0.4 is 4.90 Å². The summed E-state index contributed by atoms with van der Waals surface area (Å²) in [6.45, 7) is 1.64. The second-order valence-electron chi connectivity index (χ2n) is 12.8. The van der Waals surface area contributed by atoms with Crippen LogP contribution in [0, 0.1) is 40.7 Å². The molecular weight excluding hydrogens is 578 g/mol. The molecule has 3 aliphatic carbocycles. The summed E-state index contributed by atoms with van der Waals surface area (Å²) in [5, 5.41) is 10.7. The normalized spacial score (nSPS) is 32.6. The molecular formula is C33H31ClF2N2O5. The van der Waals surface area contributed by atoms with Crippen molar-refractivity contribution in [1.82, 2.24) is 4.90 Å². The number of phenolic OH excluding ortho intramolecular Hbond substituents is 1. The van der Waals surface area contributed by atoms with E-state index in [4.69, 9.17) is 11.6 Å². The van der Waals surface area contributed by atoms with Crippen molar-refractivity contribution in [3.8, 4) is 5.75 Å². The summed E-state index contributed by atoms with van der Waals surface area (Å²) >= 11 is 6.02. The largest absolute Gasteiger partial charge is 0.505 e. The maximum atomic E-state index is 14.8. The highest BCUT2D eigenvalue weighted by atomic mass is 35.5. The number of anilines is 1. The number of allylic oxidation sites excluding steroid dienone is 2. The number of para-hydroxylation sites is 1. The number of rotatable bonds is 3. The van der Waals surface area contributed by atoms with E-state index in [2.05, 4.69) is 0 Å². The van der Waals surface area contributed by atoms with E-state index in [1.54, 1.807) is 6.92 Å². The number of nitrogens with zero attached hydrogens (tertiary/aromatic N) is 2. The number of benzene rings is 2. The molecule has 0 aromatic heterocycles. The monoisotopic (exact) mass is 608 g/mol. The average Bonchev–Trinajstić information content (AvgIpc) is 3.36. The van der Waals surface area contributed by atoms with Gasteiger partial charge in [-0.25, -0.2) is 13.7 Å². The van der Waals surface area contributed by atoms with Crippen molar-refractivity contribution >= 4 is 40.9 Å². The van der Waals surface area contributed by atoms with Gasteiger partial charge in [0.05, 0.1) is 33.9 Å².